The van der Waals surface area contributed by atoms with E-state index in [9.17, 15) is 8.42 Å². The van der Waals surface area contributed by atoms with Gasteiger partial charge in [-0.2, -0.15) is 10.2 Å². The lowest BCUT2D eigenvalue weighted by Gasteiger charge is -2.05. The first-order valence-corrected chi connectivity index (χ1v) is 7.35. The lowest BCUT2D eigenvalue weighted by molar-refractivity contribution is 0.600. The molecule has 2 heterocycles. The Bertz CT molecular complexity index is 738. The lowest BCUT2D eigenvalue weighted by Crippen LogP contribution is -2.17. The van der Waals surface area contributed by atoms with E-state index < -0.39 is 10.0 Å². The van der Waals surface area contributed by atoms with Gasteiger partial charge < -0.3 is 5.73 Å². The maximum Gasteiger partial charge on any atom is 0.269 e. The first-order valence-electron chi connectivity index (χ1n) is 5.87. The molecule has 0 fully saturated rings. The Kier molecular flexibility index (Phi) is 3.57. The molecule has 10 heteroatoms. The minimum atomic E-state index is -3.89. The van der Waals surface area contributed by atoms with E-state index in [1.54, 1.807) is 13.8 Å². The van der Waals surface area contributed by atoms with Crippen LogP contribution in [0, 0.1) is 13.8 Å². The zero-order valence-corrected chi connectivity index (χ0v) is 12.1. The van der Waals surface area contributed by atoms with E-state index in [0.717, 1.165) is 0 Å². The predicted octanol–water partition coefficient (Wildman–Crippen LogP) is 0.0878. The molecule has 9 nitrogen and oxygen atoms in total. The molecule has 2 aromatic heterocycles. The van der Waals surface area contributed by atoms with Crippen molar-refractivity contribution in [2.24, 2.45) is 0 Å². The summed E-state index contributed by atoms with van der Waals surface area (Å²) >= 11 is 0. The molecule has 2 rings (SSSR count). The molecule has 0 aliphatic heterocycles. The summed E-state index contributed by atoms with van der Waals surface area (Å²) in [4.78, 5) is 3.90. The maximum absolute atomic E-state index is 12.2. The first kappa shape index (κ1) is 14.2. The lowest BCUT2D eigenvalue weighted by atomic mass is 10.4. The van der Waals surface area contributed by atoms with Crippen LogP contribution in [0.5, 0.6) is 0 Å². The van der Waals surface area contributed by atoms with Crippen molar-refractivity contribution in [3.63, 3.8) is 0 Å². The van der Waals surface area contributed by atoms with Gasteiger partial charge in [-0.3, -0.25) is 4.68 Å². The topological polar surface area (TPSA) is 129 Å². The second-order valence-electron chi connectivity index (χ2n) is 4.15. The Hall–Kier alpha value is -2.23. The molecule has 108 valence electrons. The van der Waals surface area contributed by atoms with Gasteiger partial charge in [0.15, 0.2) is 5.82 Å². The fourth-order valence-corrected chi connectivity index (χ4v) is 2.48. The monoisotopic (exact) mass is 297 g/mol. The molecule has 0 bridgehead atoms. The Morgan fingerprint density at radius 2 is 2.00 bits per heavy atom. The van der Waals surface area contributed by atoms with E-state index in [4.69, 9.17) is 5.73 Å². The van der Waals surface area contributed by atoms with Crippen molar-refractivity contribution in [3.8, 4) is 0 Å². The Labute approximate surface area is 116 Å². The zero-order valence-electron chi connectivity index (χ0n) is 11.3. The van der Waals surface area contributed by atoms with E-state index in [0.29, 0.717) is 17.9 Å². The molecule has 0 aliphatic rings. The van der Waals surface area contributed by atoms with Crippen molar-refractivity contribution >= 4 is 21.8 Å². The molecule has 0 spiro atoms. The highest BCUT2D eigenvalue weighted by atomic mass is 32.2. The van der Waals surface area contributed by atoms with Gasteiger partial charge >= 0.3 is 0 Å². The van der Waals surface area contributed by atoms with Crippen LogP contribution < -0.4 is 10.5 Å². The van der Waals surface area contributed by atoms with Crippen LogP contribution in [-0.4, -0.2) is 33.4 Å². The third-order valence-electron chi connectivity index (χ3n) is 2.69. The van der Waals surface area contributed by atoms with Crippen LogP contribution >= 0.6 is 0 Å². The molecule has 0 atom stereocenters. The molecule has 3 N–H and O–H groups in total. The highest BCUT2D eigenvalue weighted by Gasteiger charge is 2.22. The molecule has 0 saturated carbocycles. The number of anilines is 2. The summed E-state index contributed by atoms with van der Waals surface area (Å²) in [6.07, 6.45) is 1.35. The molecule has 2 aromatic rings. The van der Waals surface area contributed by atoms with Crippen molar-refractivity contribution in [2.45, 2.75) is 32.2 Å². The number of nitrogens with one attached hydrogen (secondary N) is 1. The van der Waals surface area contributed by atoms with E-state index >= 15 is 0 Å². The van der Waals surface area contributed by atoms with Gasteiger partial charge in [-0.1, -0.05) is 0 Å². The van der Waals surface area contributed by atoms with Crippen LogP contribution in [0.15, 0.2) is 11.1 Å². The van der Waals surface area contributed by atoms with E-state index in [2.05, 4.69) is 25.0 Å². The second-order valence-corrected chi connectivity index (χ2v) is 5.80. The summed E-state index contributed by atoms with van der Waals surface area (Å²) in [5.41, 5.74) is 6.83. The molecule has 0 aliphatic carbocycles. The van der Waals surface area contributed by atoms with Gasteiger partial charge in [0.2, 0.25) is 0 Å². The molecule has 0 amide bonds. The zero-order chi connectivity index (χ0) is 14.9. The number of nitrogens with zero attached hydrogens (tertiary/aromatic N) is 5. The molecule has 20 heavy (non-hydrogen) atoms. The molecule has 0 saturated heterocycles. The first-order chi connectivity index (χ1) is 9.33. The van der Waals surface area contributed by atoms with Crippen molar-refractivity contribution in [1.82, 2.24) is 25.0 Å². The molecular formula is C10H15N7O2S. The Balaban J connectivity index is 2.35. The molecule has 0 aromatic carbocycles. The smallest absolute Gasteiger partial charge is 0.269 e. The van der Waals surface area contributed by atoms with Gasteiger partial charge in [0.05, 0.1) is 11.4 Å². The van der Waals surface area contributed by atoms with Crippen LogP contribution in [0.2, 0.25) is 0 Å². The average molecular weight is 297 g/mol. The summed E-state index contributed by atoms with van der Waals surface area (Å²) in [6.45, 7) is 5.79. The van der Waals surface area contributed by atoms with Gasteiger partial charge in [-0.05, 0) is 20.8 Å². The average Bonchev–Trinajstić information content (AvgIpc) is 2.76. The number of aromatic nitrogens is 5. The standard InChI is InChI=1S/C10H15N7O2S/c1-4-17-5-8(9(11)15-17)20(18,19)16-10-12-6(2)7(3)13-14-10/h5H,4H2,1-3H3,(H2,11,15)(H,12,14,16). The SMILES string of the molecule is CCn1cc(S(=O)(=O)Nc2nnc(C)c(C)n2)c(N)n1. The van der Waals surface area contributed by atoms with Gasteiger partial charge in [0.25, 0.3) is 16.0 Å². The number of rotatable bonds is 4. The highest BCUT2D eigenvalue weighted by molar-refractivity contribution is 7.92. The largest absolute Gasteiger partial charge is 0.381 e. The van der Waals surface area contributed by atoms with E-state index in [-0.39, 0.29) is 16.7 Å². The number of aryl methyl sites for hydroxylation is 3. The summed E-state index contributed by atoms with van der Waals surface area (Å²) in [6, 6.07) is 0. The Morgan fingerprint density at radius 1 is 1.30 bits per heavy atom. The number of hydrogen-bond donors (Lipinski definition) is 2. The van der Waals surface area contributed by atoms with Crippen LogP contribution in [0.4, 0.5) is 11.8 Å². The van der Waals surface area contributed by atoms with Crippen LogP contribution in [-0.2, 0) is 16.6 Å². The summed E-state index contributed by atoms with van der Waals surface area (Å²) in [5, 5.41) is 11.4. The highest BCUT2D eigenvalue weighted by Crippen LogP contribution is 2.18. The third-order valence-corrected chi connectivity index (χ3v) is 4.03. The van der Waals surface area contributed by atoms with Gasteiger partial charge in [0, 0.05) is 12.7 Å². The van der Waals surface area contributed by atoms with Crippen molar-refractivity contribution in [2.75, 3.05) is 10.5 Å². The minimum Gasteiger partial charge on any atom is -0.381 e. The number of sulfonamides is 1. The summed E-state index contributed by atoms with van der Waals surface area (Å²) < 4.78 is 28.1. The third kappa shape index (κ3) is 2.69. The van der Waals surface area contributed by atoms with Crippen LogP contribution in [0.3, 0.4) is 0 Å². The summed E-state index contributed by atoms with van der Waals surface area (Å²) in [5.74, 6) is -0.173. The molecular weight excluding hydrogens is 282 g/mol. The Morgan fingerprint density at radius 3 is 2.55 bits per heavy atom. The van der Waals surface area contributed by atoms with Gasteiger partial charge in [0.1, 0.15) is 4.90 Å². The fraction of sp³-hybridized carbons (Fsp3) is 0.400. The van der Waals surface area contributed by atoms with Crippen LogP contribution in [0.1, 0.15) is 18.3 Å². The fourth-order valence-electron chi connectivity index (χ4n) is 1.46. The van der Waals surface area contributed by atoms with E-state index in [1.165, 1.54) is 10.9 Å². The quantitative estimate of drug-likeness (QED) is 0.818. The van der Waals surface area contributed by atoms with Crippen LogP contribution in [0.25, 0.3) is 0 Å². The van der Waals surface area contributed by atoms with Gasteiger partial charge in [-0.25, -0.2) is 18.1 Å². The van der Waals surface area contributed by atoms with Gasteiger partial charge in [-0.15, -0.1) is 5.10 Å². The van der Waals surface area contributed by atoms with Crippen molar-refractivity contribution < 1.29 is 8.42 Å². The molecule has 0 unspecified atom stereocenters. The second kappa shape index (κ2) is 5.04. The number of nitrogen functional groups attached to an aromatic ring is 1. The minimum absolute atomic E-state index is 0.0730. The van der Waals surface area contributed by atoms with Crippen molar-refractivity contribution in [3.05, 3.63) is 17.6 Å². The number of nitrogens with two attached hydrogens (primary N) is 1. The number of hydrogen-bond acceptors (Lipinski definition) is 7. The maximum atomic E-state index is 12.2. The molecule has 0 radical (unpaired) electrons. The van der Waals surface area contributed by atoms with Crippen molar-refractivity contribution in [1.29, 1.82) is 0 Å². The predicted molar refractivity (Wildman–Crippen MR) is 72.4 cm³/mol. The normalized spacial score (nSPS) is 11.6. The summed E-state index contributed by atoms with van der Waals surface area (Å²) in [7, 11) is -3.89. The van der Waals surface area contributed by atoms with E-state index in [1.807, 2.05) is 6.92 Å².